The number of hydrogen-bond donors (Lipinski definition) is 1. The molecule has 0 radical (unpaired) electrons. The van der Waals surface area contributed by atoms with Crippen molar-refractivity contribution in [3.8, 4) is 11.1 Å². The molecule has 0 aliphatic carbocycles. The lowest BCUT2D eigenvalue weighted by Gasteiger charge is -2.36. The van der Waals surface area contributed by atoms with Gasteiger partial charge in [0, 0.05) is 36.8 Å². The number of benzene rings is 2. The van der Waals surface area contributed by atoms with Gasteiger partial charge in [0.25, 0.3) is 0 Å². The van der Waals surface area contributed by atoms with E-state index in [1.165, 1.54) is 6.07 Å². The average Bonchev–Trinajstić information content (AvgIpc) is 2.49. The van der Waals surface area contributed by atoms with Gasteiger partial charge in [-0.25, -0.2) is 8.78 Å². The second kappa shape index (κ2) is 5.82. The van der Waals surface area contributed by atoms with Crippen LogP contribution in [0.25, 0.3) is 11.1 Å². The fourth-order valence-corrected chi connectivity index (χ4v) is 2.83. The Bertz CT molecular complexity index is 642. The molecule has 2 aromatic carbocycles. The van der Waals surface area contributed by atoms with Crippen molar-refractivity contribution in [2.75, 3.05) is 24.5 Å². The van der Waals surface area contributed by atoms with Gasteiger partial charge >= 0.3 is 0 Å². The van der Waals surface area contributed by atoms with Gasteiger partial charge in [0.05, 0.1) is 5.69 Å². The van der Waals surface area contributed by atoms with Gasteiger partial charge in [0.15, 0.2) is 5.82 Å². The third-order valence-electron chi connectivity index (χ3n) is 3.95. The first-order valence-electron chi connectivity index (χ1n) is 7.19. The predicted molar refractivity (Wildman–Crippen MR) is 81.5 cm³/mol. The molecule has 1 atom stereocenters. The first-order valence-corrected chi connectivity index (χ1v) is 7.19. The van der Waals surface area contributed by atoms with E-state index in [2.05, 4.69) is 12.2 Å². The molecule has 1 N–H and O–H groups in total. The highest BCUT2D eigenvalue weighted by Crippen LogP contribution is 2.32. The summed E-state index contributed by atoms with van der Waals surface area (Å²) in [6.07, 6.45) is 0. The van der Waals surface area contributed by atoms with Crippen LogP contribution in [-0.2, 0) is 0 Å². The maximum absolute atomic E-state index is 14.9. The van der Waals surface area contributed by atoms with E-state index in [4.69, 9.17) is 0 Å². The van der Waals surface area contributed by atoms with Crippen molar-refractivity contribution < 1.29 is 8.78 Å². The Morgan fingerprint density at radius 3 is 2.57 bits per heavy atom. The molecule has 2 nitrogen and oxygen atoms in total. The molecule has 1 aliphatic heterocycles. The fourth-order valence-electron chi connectivity index (χ4n) is 2.83. The van der Waals surface area contributed by atoms with E-state index >= 15 is 0 Å². The minimum absolute atomic E-state index is 0.212. The van der Waals surface area contributed by atoms with Gasteiger partial charge in [-0.05, 0) is 19.1 Å². The lowest BCUT2D eigenvalue weighted by molar-refractivity contribution is 0.491. The van der Waals surface area contributed by atoms with Crippen LogP contribution in [0.5, 0.6) is 0 Å². The van der Waals surface area contributed by atoms with E-state index in [0.717, 1.165) is 19.6 Å². The minimum Gasteiger partial charge on any atom is -0.364 e. The Balaban J connectivity index is 2.05. The minimum atomic E-state index is -0.401. The van der Waals surface area contributed by atoms with E-state index in [-0.39, 0.29) is 11.9 Å². The van der Waals surface area contributed by atoms with E-state index < -0.39 is 5.82 Å². The summed E-state index contributed by atoms with van der Waals surface area (Å²) in [5.74, 6) is -0.752. The average molecular weight is 288 g/mol. The van der Waals surface area contributed by atoms with E-state index in [1.807, 2.05) is 4.90 Å². The maximum atomic E-state index is 14.9. The van der Waals surface area contributed by atoms with Gasteiger partial charge in [-0.3, -0.25) is 0 Å². The number of rotatable bonds is 2. The van der Waals surface area contributed by atoms with Crippen LogP contribution in [0.4, 0.5) is 14.5 Å². The summed E-state index contributed by atoms with van der Waals surface area (Å²) in [5, 5.41) is 3.29. The van der Waals surface area contributed by atoms with Crippen molar-refractivity contribution in [1.82, 2.24) is 5.32 Å². The molecule has 21 heavy (non-hydrogen) atoms. The van der Waals surface area contributed by atoms with Crippen LogP contribution in [0, 0.1) is 11.6 Å². The molecule has 1 saturated heterocycles. The molecule has 0 amide bonds. The van der Waals surface area contributed by atoms with Crippen LogP contribution in [0.1, 0.15) is 6.92 Å². The van der Waals surface area contributed by atoms with Crippen molar-refractivity contribution >= 4 is 5.69 Å². The summed E-state index contributed by atoms with van der Waals surface area (Å²) in [7, 11) is 0. The number of piperazine rings is 1. The monoisotopic (exact) mass is 288 g/mol. The SMILES string of the molecule is CC1CNCCN1c1cccc(-c2ccccc2F)c1F. The highest BCUT2D eigenvalue weighted by Gasteiger charge is 2.23. The Kier molecular flexibility index (Phi) is 3.88. The second-order valence-corrected chi connectivity index (χ2v) is 5.37. The predicted octanol–water partition coefficient (Wildman–Crippen LogP) is 3.43. The van der Waals surface area contributed by atoms with Crippen molar-refractivity contribution in [3.05, 3.63) is 54.1 Å². The number of anilines is 1. The molecule has 3 rings (SSSR count). The molecule has 1 heterocycles. The lowest BCUT2D eigenvalue weighted by Crippen LogP contribution is -2.50. The van der Waals surface area contributed by atoms with E-state index in [9.17, 15) is 8.78 Å². The lowest BCUT2D eigenvalue weighted by atomic mass is 10.0. The summed E-state index contributed by atoms with van der Waals surface area (Å²) < 4.78 is 28.8. The van der Waals surface area contributed by atoms with Crippen molar-refractivity contribution in [3.63, 3.8) is 0 Å². The molecule has 0 saturated carbocycles. The third kappa shape index (κ3) is 2.63. The van der Waals surface area contributed by atoms with Gasteiger partial charge < -0.3 is 10.2 Å². The molecule has 1 unspecified atom stereocenters. The number of halogens is 2. The van der Waals surface area contributed by atoms with Gasteiger partial charge in [-0.2, -0.15) is 0 Å². The van der Waals surface area contributed by atoms with Crippen LogP contribution < -0.4 is 10.2 Å². The molecule has 4 heteroatoms. The summed E-state index contributed by atoms with van der Waals surface area (Å²) in [6, 6.07) is 11.7. The van der Waals surface area contributed by atoms with Crippen molar-refractivity contribution in [1.29, 1.82) is 0 Å². The van der Waals surface area contributed by atoms with Crippen LogP contribution in [0.15, 0.2) is 42.5 Å². The number of nitrogens with zero attached hydrogens (tertiary/aromatic N) is 1. The zero-order valence-electron chi connectivity index (χ0n) is 11.9. The van der Waals surface area contributed by atoms with Crippen molar-refractivity contribution in [2.24, 2.45) is 0 Å². The zero-order chi connectivity index (χ0) is 14.8. The van der Waals surface area contributed by atoms with Gasteiger partial charge in [0.1, 0.15) is 5.82 Å². The van der Waals surface area contributed by atoms with Gasteiger partial charge in [-0.1, -0.05) is 30.3 Å². The molecular formula is C17H18F2N2. The largest absolute Gasteiger partial charge is 0.364 e. The van der Waals surface area contributed by atoms with Crippen LogP contribution in [-0.4, -0.2) is 25.7 Å². The third-order valence-corrected chi connectivity index (χ3v) is 3.95. The Hall–Kier alpha value is -1.94. The highest BCUT2D eigenvalue weighted by molar-refractivity contribution is 5.70. The molecule has 1 aliphatic rings. The van der Waals surface area contributed by atoms with Crippen LogP contribution in [0.2, 0.25) is 0 Å². The first-order chi connectivity index (χ1) is 10.2. The first kappa shape index (κ1) is 14.0. The summed E-state index contributed by atoms with van der Waals surface area (Å²) in [4.78, 5) is 2.04. The quantitative estimate of drug-likeness (QED) is 0.911. The summed E-state index contributed by atoms with van der Waals surface area (Å²) >= 11 is 0. The highest BCUT2D eigenvalue weighted by atomic mass is 19.1. The summed E-state index contributed by atoms with van der Waals surface area (Å²) in [6.45, 7) is 4.46. The number of hydrogen-bond acceptors (Lipinski definition) is 2. The molecule has 1 fully saturated rings. The molecule has 2 aromatic rings. The maximum Gasteiger partial charge on any atom is 0.154 e. The molecule has 0 bridgehead atoms. The fraction of sp³-hybridized carbons (Fsp3) is 0.294. The molecule has 0 spiro atoms. The molecule has 0 aromatic heterocycles. The van der Waals surface area contributed by atoms with Gasteiger partial charge in [0.2, 0.25) is 0 Å². The summed E-state index contributed by atoms with van der Waals surface area (Å²) in [5.41, 5.74) is 1.17. The van der Waals surface area contributed by atoms with Gasteiger partial charge in [-0.15, -0.1) is 0 Å². The molecular weight excluding hydrogens is 270 g/mol. The van der Waals surface area contributed by atoms with Crippen LogP contribution >= 0.6 is 0 Å². The Morgan fingerprint density at radius 1 is 1.05 bits per heavy atom. The van der Waals surface area contributed by atoms with E-state index in [1.54, 1.807) is 36.4 Å². The van der Waals surface area contributed by atoms with E-state index in [0.29, 0.717) is 16.8 Å². The normalized spacial score (nSPS) is 18.8. The molecule has 110 valence electrons. The Morgan fingerprint density at radius 2 is 1.81 bits per heavy atom. The van der Waals surface area contributed by atoms with Crippen LogP contribution in [0.3, 0.4) is 0 Å². The Labute approximate surface area is 123 Å². The number of nitrogens with one attached hydrogen (secondary N) is 1. The smallest absolute Gasteiger partial charge is 0.154 e. The topological polar surface area (TPSA) is 15.3 Å². The standard InChI is InChI=1S/C17H18F2N2/c1-12-11-20-9-10-21(12)16-8-4-6-14(17(16)19)13-5-2-3-7-15(13)18/h2-8,12,20H,9-11H2,1H3. The second-order valence-electron chi connectivity index (χ2n) is 5.37. The van der Waals surface area contributed by atoms with Crippen molar-refractivity contribution in [2.45, 2.75) is 13.0 Å². The zero-order valence-corrected chi connectivity index (χ0v) is 11.9.